The highest BCUT2D eigenvalue weighted by Gasteiger charge is 2.17. The molecule has 0 aromatic heterocycles. The molecule has 0 aliphatic carbocycles. The van der Waals surface area contributed by atoms with Gasteiger partial charge in [0.05, 0.1) is 6.07 Å². The third kappa shape index (κ3) is 5.40. The number of rotatable bonds is 5. The summed E-state index contributed by atoms with van der Waals surface area (Å²) in [6, 6.07) is 2.13. The zero-order valence-corrected chi connectivity index (χ0v) is 9.00. The van der Waals surface area contributed by atoms with Gasteiger partial charge in [0.1, 0.15) is 0 Å². The average molecular weight is 191 g/mol. The van der Waals surface area contributed by atoms with E-state index in [0.717, 1.165) is 19.4 Å². The zero-order chi connectivity index (χ0) is 8.74. The minimum atomic E-state index is 0. The van der Waals surface area contributed by atoms with Gasteiger partial charge in [-0.15, -0.1) is 12.4 Å². The van der Waals surface area contributed by atoms with Gasteiger partial charge in [0.15, 0.2) is 0 Å². The Labute approximate surface area is 81.8 Å². The Kier molecular flexibility index (Phi) is 8.79. The van der Waals surface area contributed by atoms with Crippen molar-refractivity contribution in [2.75, 3.05) is 6.54 Å². The quantitative estimate of drug-likeness (QED) is 0.677. The average Bonchev–Trinajstić information content (AvgIpc) is 2.05. The fourth-order valence-electron chi connectivity index (χ4n) is 0.920. The first-order chi connectivity index (χ1) is 5.18. The van der Waals surface area contributed by atoms with E-state index < -0.39 is 0 Å². The molecule has 12 heavy (non-hydrogen) atoms. The van der Waals surface area contributed by atoms with Crippen molar-refractivity contribution in [3.63, 3.8) is 0 Å². The van der Waals surface area contributed by atoms with Gasteiger partial charge in [0.2, 0.25) is 0 Å². The summed E-state index contributed by atoms with van der Waals surface area (Å²) in [6.45, 7) is 7.35. The molecule has 0 aromatic rings. The van der Waals surface area contributed by atoms with Crippen molar-refractivity contribution in [1.29, 1.82) is 5.26 Å². The van der Waals surface area contributed by atoms with E-state index in [-0.39, 0.29) is 17.9 Å². The molecule has 0 unspecified atom stereocenters. The highest BCUT2D eigenvalue weighted by Crippen LogP contribution is 2.12. The smallest absolute Gasteiger partial charge is 0.0635 e. The molecule has 0 atom stereocenters. The van der Waals surface area contributed by atoms with Crippen LogP contribution in [0.3, 0.4) is 0 Å². The molecule has 0 aromatic carbocycles. The number of halogens is 1. The van der Waals surface area contributed by atoms with Gasteiger partial charge in [-0.2, -0.15) is 5.26 Å². The molecule has 0 saturated carbocycles. The van der Waals surface area contributed by atoms with Crippen LogP contribution < -0.4 is 5.32 Å². The SMILES string of the molecule is CCC(C)(CC)NCCC#N.Cl. The lowest BCUT2D eigenvalue weighted by Crippen LogP contribution is -2.41. The van der Waals surface area contributed by atoms with Crippen LogP contribution in [-0.2, 0) is 0 Å². The van der Waals surface area contributed by atoms with Gasteiger partial charge < -0.3 is 5.32 Å². The van der Waals surface area contributed by atoms with Crippen LogP contribution in [0, 0.1) is 11.3 Å². The van der Waals surface area contributed by atoms with Gasteiger partial charge in [-0.1, -0.05) is 13.8 Å². The van der Waals surface area contributed by atoms with E-state index in [0.29, 0.717) is 6.42 Å². The number of nitrogens with zero attached hydrogens (tertiary/aromatic N) is 1. The highest BCUT2D eigenvalue weighted by atomic mass is 35.5. The summed E-state index contributed by atoms with van der Waals surface area (Å²) >= 11 is 0. The second kappa shape index (κ2) is 7.39. The van der Waals surface area contributed by atoms with Crippen molar-refractivity contribution in [3.8, 4) is 6.07 Å². The summed E-state index contributed by atoms with van der Waals surface area (Å²) in [6.07, 6.45) is 2.85. The summed E-state index contributed by atoms with van der Waals surface area (Å²) in [5.41, 5.74) is 0.233. The van der Waals surface area contributed by atoms with Gasteiger partial charge >= 0.3 is 0 Å². The van der Waals surface area contributed by atoms with Crippen LogP contribution in [0.25, 0.3) is 0 Å². The molecule has 2 nitrogen and oxygen atoms in total. The van der Waals surface area contributed by atoms with Crippen LogP contribution >= 0.6 is 12.4 Å². The Morgan fingerprint density at radius 2 is 1.83 bits per heavy atom. The molecule has 0 bridgehead atoms. The maximum Gasteiger partial charge on any atom is 0.0635 e. The van der Waals surface area contributed by atoms with E-state index in [2.05, 4.69) is 32.2 Å². The monoisotopic (exact) mass is 190 g/mol. The van der Waals surface area contributed by atoms with Gasteiger partial charge in [-0.3, -0.25) is 0 Å². The molecule has 0 amide bonds. The van der Waals surface area contributed by atoms with Crippen LogP contribution in [0.1, 0.15) is 40.0 Å². The van der Waals surface area contributed by atoms with E-state index in [1.807, 2.05) is 0 Å². The molecule has 3 heteroatoms. The van der Waals surface area contributed by atoms with E-state index in [4.69, 9.17) is 5.26 Å². The standard InChI is InChI=1S/C9H18N2.ClH/c1-4-9(3,5-2)11-8-6-7-10;/h11H,4-6,8H2,1-3H3;1H. The molecule has 0 spiro atoms. The lowest BCUT2D eigenvalue weighted by atomic mass is 9.95. The number of hydrogen-bond donors (Lipinski definition) is 1. The highest BCUT2D eigenvalue weighted by molar-refractivity contribution is 5.85. The van der Waals surface area contributed by atoms with E-state index in [9.17, 15) is 0 Å². The molecule has 0 saturated heterocycles. The van der Waals surface area contributed by atoms with Crippen LogP contribution in [0.15, 0.2) is 0 Å². The van der Waals surface area contributed by atoms with Gasteiger partial charge in [0, 0.05) is 18.5 Å². The van der Waals surface area contributed by atoms with Crippen molar-refractivity contribution in [1.82, 2.24) is 5.32 Å². The molecular formula is C9H19ClN2. The molecule has 0 fully saturated rings. The second-order valence-corrected chi connectivity index (χ2v) is 3.10. The normalized spacial score (nSPS) is 10.2. The lowest BCUT2D eigenvalue weighted by Gasteiger charge is -2.27. The van der Waals surface area contributed by atoms with E-state index >= 15 is 0 Å². The van der Waals surface area contributed by atoms with Gasteiger partial charge in [0.25, 0.3) is 0 Å². The predicted octanol–water partition coefficient (Wildman–Crippen LogP) is 2.49. The van der Waals surface area contributed by atoms with Crippen molar-refractivity contribution < 1.29 is 0 Å². The summed E-state index contributed by atoms with van der Waals surface area (Å²) in [7, 11) is 0. The number of nitrogens with one attached hydrogen (secondary N) is 1. The molecule has 72 valence electrons. The van der Waals surface area contributed by atoms with Crippen molar-refractivity contribution >= 4 is 12.4 Å². The number of hydrogen-bond acceptors (Lipinski definition) is 2. The Morgan fingerprint density at radius 1 is 1.33 bits per heavy atom. The summed E-state index contributed by atoms with van der Waals surface area (Å²) in [5.74, 6) is 0. The maximum atomic E-state index is 8.32. The summed E-state index contributed by atoms with van der Waals surface area (Å²) < 4.78 is 0. The molecule has 1 N–H and O–H groups in total. The van der Waals surface area contributed by atoms with Crippen LogP contribution in [0.2, 0.25) is 0 Å². The number of nitriles is 1. The topological polar surface area (TPSA) is 35.8 Å². The van der Waals surface area contributed by atoms with Crippen molar-refractivity contribution in [3.05, 3.63) is 0 Å². The molecule has 0 radical (unpaired) electrons. The first kappa shape index (κ1) is 14.3. The van der Waals surface area contributed by atoms with Crippen molar-refractivity contribution in [2.24, 2.45) is 0 Å². The van der Waals surface area contributed by atoms with Gasteiger partial charge in [-0.05, 0) is 19.8 Å². The Morgan fingerprint density at radius 3 is 2.17 bits per heavy atom. The minimum absolute atomic E-state index is 0. The third-order valence-corrected chi connectivity index (χ3v) is 2.35. The van der Waals surface area contributed by atoms with Crippen molar-refractivity contribution in [2.45, 2.75) is 45.6 Å². The Balaban J connectivity index is 0. The Hall–Kier alpha value is -0.260. The largest absolute Gasteiger partial charge is 0.311 e. The molecular weight excluding hydrogens is 172 g/mol. The van der Waals surface area contributed by atoms with E-state index in [1.165, 1.54) is 0 Å². The molecule has 0 rings (SSSR count). The second-order valence-electron chi connectivity index (χ2n) is 3.10. The fraction of sp³-hybridized carbons (Fsp3) is 0.889. The summed E-state index contributed by atoms with van der Waals surface area (Å²) in [5, 5.41) is 11.7. The maximum absolute atomic E-state index is 8.32. The van der Waals surface area contributed by atoms with E-state index in [1.54, 1.807) is 0 Å². The first-order valence-corrected chi connectivity index (χ1v) is 4.30. The predicted molar refractivity (Wildman–Crippen MR) is 54.5 cm³/mol. The van der Waals surface area contributed by atoms with Crippen LogP contribution in [0.5, 0.6) is 0 Å². The first-order valence-electron chi connectivity index (χ1n) is 4.30. The fourth-order valence-corrected chi connectivity index (χ4v) is 0.920. The molecule has 0 heterocycles. The summed E-state index contributed by atoms with van der Waals surface area (Å²) in [4.78, 5) is 0. The Bertz CT molecular complexity index is 136. The van der Waals surface area contributed by atoms with Crippen LogP contribution in [0.4, 0.5) is 0 Å². The molecule has 0 aliphatic rings. The van der Waals surface area contributed by atoms with Gasteiger partial charge in [-0.25, -0.2) is 0 Å². The molecule has 0 aliphatic heterocycles. The minimum Gasteiger partial charge on any atom is -0.311 e. The zero-order valence-electron chi connectivity index (χ0n) is 8.18. The third-order valence-electron chi connectivity index (χ3n) is 2.35. The van der Waals surface area contributed by atoms with Crippen LogP contribution in [-0.4, -0.2) is 12.1 Å². The lowest BCUT2D eigenvalue weighted by molar-refractivity contribution is 0.336.